The zero-order chi connectivity index (χ0) is 9.84. The zero-order valence-corrected chi connectivity index (χ0v) is 7.53. The van der Waals surface area contributed by atoms with E-state index in [0.717, 1.165) is 6.07 Å². The first kappa shape index (κ1) is 10.1. The fraction of sp³-hybridized carbons (Fsp3) is 0.333. The van der Waals surface area contributed by atoms with Crippen LogP contribution in [0, 0.1) is 18.6 Å². The lowest BCUT2D eigenvalue weighted by molar-refractivity contribution is 0.0858. The van der Waals surface area contributed by atoms with E-state index in [4.69, 9.17) is 0 Å². The lowest BCUT2D eigenvalue weighted by Crippen LogP contribution is -2.12. The summed E-state index contributed by atoms with van der Waals surface area (Å²) in [6.45, 7) is 1.67. The van der Waals surface area contributed by atoms with E-state index in [0.29, 0.717) is 5.56 Å². The Bertz CT molecular complexity index is 302. The molecule has 2 nitrogen and oxygen atoms in total. The van der Waals surface area contributed by atoms with E-state index in [9.17, 15) is 8.78 Å². The normalized spacial score (nSPS) is 10.5. The van der Waals surface area contributed by atoms with Crippen molar-refractivity contribution in [2.24, 2.45) is 0 Å². The van der Waals surface area contributed by atoms with Crippen LogP contribution in [-0.2, 0) is 11.4 Å². The number of hydroxylamine groups is 1. The average Bonchev–Trinajstić information content (AvgIpc) is 2.09. The molecule has 0 aromatic heterocycles. The van der Waals surface area contributed by atoms with Crippen LogP contribution in [0.25, 0.3) is 0 Å². The highest BCUT2D eigenvalue weighted by atomic mass is 19.1. The lowest BCUT2D eigenvalue weighted by atomic mass is 10.1. The predicted molar refractivity (Wildman–Crippen MR) is 44.9 cm³/mol. The second-order valence-corrected chi connectivity index (χ2v) is 2.72. The van der Waals surface area contributed by atoms with Gasteiger partial charge in [-0.3, -0.25) is 0 Å². The number of rotatable bonds is 3. The smallest absolute Gasteiger partial charge is 0.128 e. The fourth-order valence-corrected chi connectivity index (χ4v) is 0.973. The Morgan fingerprint density at radius 1 is 1.31 bits per heavy atom. The molecule has 1 rings (SSSR count). The van der Waals surface area contributed by atoms with Gasteiger partial charge in [-0.15, -0.1) is 0 Å². The number of hydrogen-bond donors (Lipinski definition) is 1. The van der Waals surface area contributed by atoms with Crippen molar-refractivity contribution < 1.29 is 13.6 Å². The third kappa shape index (κ3) is 2.47. The molecule has 0 radical (unpaired) electrons. The van der Waals surface area contributed by atoms with E-state index in [2.05, 4.69) is 10.3 Å². The third-order valence-corrected chi connectivity index (χ3v) is 1.73. The quantitative estimate of drug-likeness (QED) is 0.730. The first-order valence-electron chi connectivity index (χ1n) is 3.85. The van der Waals surface area contributed by atoms with Crippen LogP contribution in [0.4, 0.5) is 8.78 Å². The molecule has 0 bridgehead atoms. The molecule has 0 heterocycles. The monoisotopic (exact) mass is 187 g/mol. The minimum atomic E-state index is -0.427. The summed E-state index contributed by atoms with van der Waals surface area (Å²) in [6, 6.07) is 2.33. The summed E-state index contributed by atoms with van der Waals surface area (Å²) in [5.74, 6) is -0.835. The first-order valence-corrected chi connectivity index (χ1v) is 3.85. The summed E-state index contributed by atoms with van der Waals surface area (Å²) in [4.78, 5) is 4.53. The van der Waals surface area contributed by atoms with E-state index in [1.165, 1.54) is 20.1 Å². The Labute approximate surface area is 75.5 Å². The summed E-state index contributed by atoms with van der Waals surface area (Å²) in [5, 5.41) is 0. The van der Waals surface area contributed by atoms with Gasteiger partial charge in [-0.05, 0) is 24.6 Å². The van der Waals surface area contributed by atoms with E-state index >= 15 is 0 Å². The Hall–Kier alpha value is -1.00. The summed E-state index contributed by atoms with van der Waals surface area (Å²) in [7, 11) is 1.42. The molecular weight excluding hydrogens is 176 g/mol. The van der Waals surface area contributed by atoms with Crippen molar-refractivity contribution in [3.63, 3.8) is 0 Å². The van der Waals surface area contributed by atoms with Gasteiger partial charge in [0.1, 0.15) is 11.6 Å². The minimum absolute atomic E-state index is 0.152. The van der Waals surface area contributed by atoms with Gasteiger partial charge in [0.2, 0.25) is 0 Å². The Balaban J connectivity index is 2.88. The van der Waals surface area contributed by atoms with Gasteiger partial charge in [0, 0.05) is 12.1 Å². The maximum Gasteiger partial charge on any atom is 0.128 e. The molecule has 1 N–H and O–H groups in total. The maximum absolute atomic E-state index is 13.1. The Morgan fingerprint density at radius 3 is 2.62 bits per heavy atom. The molecule has 0 aliphatic carbocycles. The molecule has 0 aliphatic rings. The van der Waals surface area contributed by atoms with Gasteiger partial charge < -0.3 is 4.84 Å². The third-order valence-electron chi connectivity index (χ3n) is 1.73. The van der Waals surface area contributed by atoms with Gasteiger partial charge in [0.15, 0.2) is 0 Å². The van der Waals surface area contributed by atoms with Crippen molar-refractivity contribution in [2.75, 3.05) is 7.11 Å². The topological polar surface area (TPSA) is 21.3 Å². The minimum Gasteiger partial charge on any atom is -0.305 e. The van der Waals surface area contributed by atoms with Gasteiger partial charge in [0.25, 0.3) is 0 Å². The SMILES string of the molecule is CONCc1cc(F)c(C)cc1F. The van der Waals surface area contributed by atoms with E-state index in [1.54, 1.807) is 0 Å². The van der Waals surface area contributed by atoms with Gasteiger partial charge in [-0.1, -0.05) is 0 Å². The summed E-state index contributed by atoms with van der Waals surface area (Å²) in [5.41, 5.74) is 3.00. The number of nitrogens with one attached hydrogen (secondary N) is 1. The van der Waals surface area contributed by atoms with Crippen LogP contribution in [0.5, 0.6) is 0 Å². The van der Waals surface area contributed by atoms with Crippen molar-refractivity contribution in [1.29, 1.82) is 0 Å². The molecule has 0 atom stereocenters. The molecule has 72 valence electrons. The number of aryl methyl sites for hydroxylation is 1. The Morgan fingerprint density at radius 2 is 2.00 bits per heavy atom. The molecule has 1 aromatic carbocycles. The van der Waals surface area contributed by atoms with Crippen molar-refractivity contribution >= 4 is 0 Å². The first-order chi connectivity index (χ1) is 6.15. The maximum atomic E-state index is 13.1. The summed E-state index contributed by atoms with van der Waals surface area (Å²) >= 11 is 0. The van der Waals surface area contributed by atoms with Crippen LogP contribution in [0.3, 0.4) is 0 Å². The number of benzene rings is 1. The molecule has 0 spiro atoms. The highest BCUT2D eigenvalue weighted by Crippen LogP contribution is 2.13. The molecule has 0 amide bonds. The molecule has 0 unspecified atom stereocenters. The van der Waals surface area contributed by atoms with Gasteiger partial charge in [-0.2, -0.15) is 5.48 Å². The number of halogens is 2. The molecule has 0 fully saturated rings. The summed E-state index contributed by atoms with van der Waals surface area (Å²) in [6.07, 6.45) is 0. The molecule has 0 saturated heterocycles. The van der Waals surface area contributed by atoms with Crippen molar-refractivity contribution in [1.82, 2.24) is 5.48 Å². The molecule has 4 heteroatoms. The van der Waals surface area contributed by atoms with Crippen LogP contribution in [0.1, 0.15) is 11.1 Å². The van der Waals surface area contributed by atoms with Gasteiger partial charge in [0.05, 0.1) is 7.11 Å². The van der Waals surface area contributed by atoms with Crippen LogP contribution in [0.15, 0.2) is 12.1 Å². The highest BCUT2D eigenvalue weighted by Gasteiger charge is 2.06. The number of hydrogen-bond acceptors (Lipinski definition) is 2. The van der Waals surface area contributed by atoms with E-state index in [1.807, 2.05) is 0 Å². The van der Waals surface area contributed by atoms with Gasteiger partial charge >= 0.3 is 0 Å². The van der Waals surface area contributed by atoms with Crippen molar-refractivity contribution in [2.45, 2.75) is 13.5 Å². The molecule has 0 saturated carbocycles. The van der Waals surface area contributed by atoms with Crippen LogP contribution in [0.2, 0.25) is 0 Å². The predicted octanol–water partition coefficient (Wildman–Crippen LogP) is 1.92. The largest absolute Gasteiger partial charge is 0.305 e. The van der Waals surface area contributed by atoms with E-state index < -0.39 is 11.6 Å². The second-order valence-electron chi connectivity index (χ2n) is 2.72. The summed E-state index contributed by atoms with van der Waals surface area (Å²) < 4.78 is 26.0. The van der Waals surface area contributed by atoms with Gasteiger partial charge in [-0.25, -0.2) is 8.78 Å². The molecule has 0 aliphatic heterocycles. The van der Waals surface area contributed by atoms with Crippen LogP contribution >= 0.6 is 0 Å². The van der Waals surface area contributed by atoms with Crippen LogP contribution < -0.4 is 5.48 Å². The second kappa shape index (κ2) is 4.30. The van der Waals surface area contributed by atoms with Crippen molar-refractivity contribution in [3.05, 3.63) is 34.9 Å². The fourth-order valence-electron chi connectivity index (χ4n) is 0.973. The average molecular weight is 187 g/mol. The molecule has 1 aromatic rings. The van der Waals surface area contributed by atoms with E-state index in [-0.39, 0.29) is 12.1 Å². The molecular formula is C9H11F2NO. The van der Waals surface area contributed by atoms with Crippen molar-refractivity contribution in [3.8, 4) is 0 Å². The zero-order valence-electron chi connectivity index (χ0n) is 7.53. The Kier molecular flexibility index (Phi) is 3.33. The van der Waals surface area contributed by atoms with Crippen LogP contribution in [-0.4, -0.2) is 7.11 Å². The standard InChI is InChI=1S/C9H11F2NO/c1-6-3-9(11)7(4-8(6)10)5-12-13-2/h3-4,12H,5H2,1-2H3. The molecule has 13 heavy (non-hydrogen) atoms. The lowest BCUT2D eigenvalue weighted by Gasteiger charge is -2.05. The highest BCUT2D eigenvalue weighted by molar-refractivity contribution is 5.24.